The molecule has 0 aliphatic carbocycles. The Kier molecular flexibility index (Phi) is 10.4. The van der Waals surface area contributed by atoms with Crippen LogP contribution in [0, 0.1) is 11.7 Å². The molecule has 41 heavy (non-hydrogen) atoms. The monoisotopic (exact) mass is 564 g/mol. The molecule has 1 unspecified atom stereocenters. The van der Waals surface area contributed by atoms with E-state index in [0.717, 1.165) is 19.3 Å². The zero-order valence-electron chi connectivity index (χ0n) is 23.8. The van der Waals surface area contributed by atoms with Gasteiger partial charge < -0.3 is 24.4 Å². The van der Waals surface area contributed by atoms with Crippen molar-refractivity contribution in [2.24, 2.45) is 5.92 Å². The van der Waals surface area contributed by atoms with E-state index in [9.17, 15) is 14.0 Å². The van der Waals surface area contributed by atoms with Crippen LogP contribution in [-0.2, 0) is 6.54 Å². The third-order valence-corrected chi connectivity index (χ3v) is 6.94. The number of benzene rings is 2. The van der Waals surface area contributed by atoms with E-state index in [1.54, 1.807) is 59.5 Å². The molecule has 1 saturated heterocycles. The molecule has 4 rings (SSSR count). The number of hydrogen-bond donors (Lipinski definition) is 1. The Bertz CT molecular complexity index is 1320. The number of pyridine rings is 1. The Hall–Kier alpha value is -4.34. The van der Waals surface area contributed by atoms with Gasteiger partial charge >= 0.3 is 6.03 Å². The minimum absolute atomic E-state index is 0.129. The van der Waals surface area contributed by atoms with Crippen LogP contribution in [0.15, 0.2) is 60.8 Å². The van der Waals surface area contributed by atoms with Gasteiger partial charge in [-0.05, 0) is 48.9 Å². The summed E-state index contributed by atoms with van der Waals surface area (Å²) in [6.45, 7) is 3.83. The van der Waals surface area contributed by atoms with Crippen LogP contribution in [0.25, 0.3) is 0 Å². The van der Waals surface area contributed by atoms with Gasteiger partial charge in [0.25, 0.3) is 5.91 Å². The van der Waals surface area contributed by atoms with Crippen molar-refractivity contribution in [3.05, 3.63) is 77.9 Å². The number of rotatable bonds is 13. The predicted molar refractivity (Wildman–Crippen MR) is 154 cm³/mol. The minimum atomic E-state index is -0.415. The standard InChI is InChI=1S/C31H37FN4O5/c1-4-5-8-15-41-29-17-25(11-13-28(29)40-3)36-20-22(18-34-30(37)26-9-6-7-14-33-26)19-35(31(36)38)21-23-16-24(32)10-12-27(23)39-2/h6-7,9-14,16-17,22H,4-5,8,15,18-21H2,1-3H3,(H,34,37). The van der Waals surface area contributed by atoms with Gasteiger partial charge in [-0.2, -0.15) is 0 Å². The van der Waals surface area contributed by atoms with E-state index >= 15 is 0 Å². The summed E-state index contributed by atoms with van der Waals surface area (Å²) in [5.74, 6) is 0.786. The Labute approximate surface area is 240 Å². The minimum Gasteiger partial charge on any atom is -0.496 e. The average molecular weight is 565 g/mol. The zero-order chi connectivity index (χ0) is 29.2. The van der Waals surface area contributed by atoms with Gasteiger partial charge in [-0.3, -0.25) is 14.7 Å². The molecular formula is C31H37FN4O5. The summed E-state index contributed by atoms with van der Waals surface area (Å²) >= 11 is 0. The molecule has 3 aromatic rings. The van der Waals surface area contributed by atoms with Crippen LogP contribution < -0.4 is 24.4 Å². The summed E-state index contributed by atoms with van der Waals surface area (Å²) in [5, 5.41) is 2.95. The summed E-state index contributed by atoms with van der Waals surface area (Å²) in [5.41, 5.74) is 1.50. The maximum absolute atomic E-state index is 14.1. The molecule has 1 fully saturated rings. The van der Waals surface area contributed by atoms with Crippen LogP contribution in [0.5, 0.6) is 17.2 Å². The first-order chi connectivity index (χ1) is 19.9. The second-order valence-corrected chi connectivity index (χ2v) is 9.91. The van der Waals surface area contributed by atoms with E-state index in [1.165, 1.54) is 19.2 Å². The molecule has 1 aliphatic heterocycles. The number of carbonyl (C=O) groups excluding carboxylic acids is 2. The van der Waals surface area contributed by atoms with Gasteiger partial charge in [-0.25, -0.2) is 9.18 Å². The summed E-state index contributed by atoms with van der Waals surface area (Å²) in [4.78, 5) is 34.0. The number of halogens is 1. The molecule has 2 aromatic carbocycles. The van der Waals surface area contributed by atoms with Crippen molar-refractivity contribution >= 4 is 17.6 Å². The van der Waals surface area contributed by atoms with Gasteiger partial charge in [0, 0.05) is 49.1 Å². The molecule has 3 amide bonds. The molecule has 1 aromatic heterocycles. The van der Waals surface area contributed by atoms with Gasteiger partial charge in [0.2, 0.25) is 0 Å². The van der Waals surface area contributed by atoms with Gasteiger partial charge in [0.15, 0.2) is 11.5 Å². The Balaban J connectivity index is 1.59. The lowest BCUT2D eigenvalue weighted by atomic mass is 10.0. The van der Waals surface area contributed by atoms with E-state index in [4.69, 9.17) is 14.2 Å². The van der Waals surface area contributed by atoms with Crippen molar-refractivity contribution in [2.75, 3.05) is 45.4 Å². The van der Waals surface area contributed by atoms with Crippen LogP contribution in [0.4, 0.5) is 14.9 Å². The molecule has 0 bridgehead atoms. The highest BCUT2D eigenvalue weighted by Crippen LogP contribution is 2.34. The molecule has 1 aliphatic rings. The fourth-order valence-electron chi connectivity index (χ4n) is 4.81. The third-order valence-electron chi connectivity index (χ3n) is 6.94. The topological polar surface area (TPSA) is 93.2 Å². The van der Waals surface area contributed by atoms with Crippen molar-refractivity contribution in [3.63, 3.8) is 0 Å². The lowest BCUT2D eigenvalue weighted by Crippen LogP contribution is -2.55. The first kappa shape index (κ1) is 29.6. The zero-order valence-corrected chi connectivity index (χ0v) is 23.8. The molecule has 218 valence electrons. The first-order valence-electron chi connectivity index (χ1n) is 13.8. The van der Waals surface area contributed by atoms with Gasteiger partial charge in [0.1, 0.15) is 17.3 Å². The smallest absolute Gasteiger partial charge is 0.324 e. The number of nitrogens with one attached hydrogen (secondary N) is 1. The fourth-order valence-corrected chi connectivity index (χ4v) is 4.81. The van der Waals surface area contributed by atoms with Crippen LogP contribution in [0.2, 0.25) is 0 Å². The first-order valence-corrected chi connectivity index (χ1v) is 13.8. The number of amides is 3. The summed E-state index contributed by atoms with van der Waals surface area (Å²) in [6, 6.07) is 14.5. The molecule has 9 nitrogen and oxygen atoms in total. The Morgan fingerprint density at radius 1 is 1.02 bits per heavy atom. The second kappa shape index (κ2) is 14.3. The van der Waals surface area contributed by atoms with Crippen LogP contribution in [0.1, 0.15) is 42.2 Å². The van der Waals surface area contributed by atoms with Crippen molar-refractivity contribution in [3.8, 4) is 17.2 Å². The lowest BCUT2D eigenvalue weighted by molar-refractivity contribution is 0.0937. The number of aromatic nitrogens is 1. The lowest BCUT2D eigenvalue weighted by Gasteiger charge is -2.40. The van der Waals surface area contributed by atoms with Gasteiger partial charge in [-0.15, -0.1) is 0 Å². The third kappa shape index (κ3) is 7.65. The highest BCUT2D eigenvalue weighted by molar-refractivity contribution is 5.94. The average Bonchev–Trinajstić information content (AvgIpc) is 3.00. The number of unbranched alkanes of at least 4 members (excludes halogenated alkanes) is 2. The number of nitrogens with zero attached hydrogens (tertiary/aromatic N) is 3. The number of urea groups is 1. The molecule has 1 N–H and O–H groups in total. The summed E-state index contributed by atoms with van der Waals surface area (Å²) in [6.07, 6.45) is 4.60. The largest absolute Gasteiger partial charge is 0.496 e. The van der Waals surface area contributed by atoms with Crippen molar-refractivity contribution in [2.45, 2.75) is 32.7 Å². The maximum atomic E-state index is 14.1. The van der Waals surface area contributed by atoms with E-state index < -0.39 is 5.82 Å². The van der Waals surface area contributed by atoms with Crippen LogP contribution in [0.3, 0.4) is 0 Å². The normalized spacial score (nSPS) is 15.0. The van der Waals surface area contributed by atoms with E-state index in [0.29, 0.717) is 60.4 Å². The van der Waals surface area contributed by atoms with E-state index in [2.05, 4.69) is 17.2 Å². The molecule has 2 heterocycles. The summed E-state index contributed by atoms with van der Waals surface area (Å²) < 4.78 is 31.1. The van der Waals surface area contributed by atoms with Crippen LogP contribution in [-0.4, -0.2) is 62.3 Å². The SMILES string of the molecule is CCCCCOc1cc(N2CC(CNC(=O)c3ccccn3)CN(Cc3cc(F)ccc3OC)C2=O)ccc1OC. The van der Waals surface area contributed by atoms with Gasteiger partial charge in [-0.1, -0.05) is 25.8 Å². The highest BCUT2D eigenvalue weighted by Gasteiger charge is 2.34. The second-order valence-electron chi connectivity index (χ2n) is 9.91. The molecule has 0 spiro atoms. The molecule has 1 atom stereocenters. The number of carbonyl (C=O) groups is 2. The number of anilines is 1. The fraction of sp³-hybridized carbons (Fsp3) is 0.387. The van der Waals surface area contributed by atoms with Crippen molar-refractivity contribution in [1.29, 1.82) is 0 Å². The molecule has 0 saturated carbocycles. The predicted octanol–water partition coefficient (Wildman–Crippen LogP) is 5.30. The summed E-state index contributed by atoms with van der Waals surface area (Å²) in [7, 11) is 3.09. The Morgan fingerprint density at radius 2 is 1.83 bits per heavy atom. The molecule has 0 radical (unpaired) electrons. The molecular weight excluding hydrogens is 527 g/mol. The number of ether oxygens (including phenoxy) is 3. The van der Waals surface area contributed by atoms with E-state index in [1.807, 2.05) is 6.07 Å². The highest BCUT2D eigenvalue weighted by atomic mass is 19.1. The van der Waals surface area contributed by atoms with Crippen molar-refractivity contribution < 1.29 is 28.2 Å². The number of hydrogen-bond acceptors (Lipinski definition) is 6. The van der Waals surface area contributed by atoms with Crippen molar-refractivity contribution in [1.82, 2.24) is 15.2 Å². The van der Waals surface area contributed by atoms with E-state index in [-0.39, 0.29) is 24.4 Å². The number of methoxy groups -OCH3 is 2. The van der Waals surface area contributed by atoms with Crippen LogP contribution >= 0.6 is 0 Å². The molecule has 10 heteroatoms. The quantitative estimate of drug-likeness (QED) is 0.284. The maximum Gasteiger partial charge on any atom is 0.324 e. The van der Waals surface area contributed by atoms with Gasteiger partial charge in [0.05, 0.1) is 27.4 Å². The Morgan fingerprint density at radius 3 is 2.56 bits per heavy atom.